The number of ether oxygens (including phenoxy) is 1. The lowest BCUT2D eigenvalue weighted by Crippen LogP contribution is -2.29. The van der Waals surface area contributed by atoms with Gasteiger partial charge >= 0.3 is 0 Å². The van der Waals surface area contributed by atoms with E-state index in [1.807, 2.05) is 42.5 Å². The van der Waals surface area contributed by atoms with Gasteiger partial charge in [0.1, 0.15) is 18.1 Å². The van der Waals surface area contributed by atoms with Gasteiger partial charge in [-0.3, -0.25) is 9.69 Å². The number of furan rings is 1. The third kappa shape index (κ3) is 5.26. The summed E-state index contributed by atoms with van der Waals surface area (Å²) in [5.74, 6) is 1.39. The van der Waals surface area contributed by atoms with Gasteiger partial charge in [0.25, 0.3) is 5.91 Å². The number of benzene rings is 3. The van der Waals surface area contributed by atoms with E-state index in [2.05, 4.69) is 34.5 Å². The van der Waals surface area contributed by atoms with Crippen molar-refractivity contribution in [2.45, 2.75) is 32.4 Å². The highest BCUT2D eigenvalue weighted by Gasteiger charge is 2.13. The number of nitrogens with one attached hydrogen (secondary N) is 1. The number of likely N-dealkylation sites (tertiary alicyclic amines) is 1. The lowest BCUT2D eigenvalue weighted by molar-refractivity contribution is 0.0992. The molecule has 1 aliphatic rings. The van der Waals surface area contributed by atoms with Gasteiger partial charge in [0.05, 0.1) is 0 Å². The van der Waals surface area contributed by atoms with Crippen molar-refractivity contribution >= 4 is 22.4 Å². The molecule has 4 aromatic rings. The standard InChI is InChI=1S/C28H28N2O3/c31-28(29-23-13-11-21(12-14-23)19-30-17-4-1-5-18-30)27-16-15-24(33-27)20-32-26-10-6-8-22-7-2-3-9-25(22)26/h2-3,6-16H,1,4-5,17-20H2,(H,29,31). The van der Waals surface area contributed by atoms with E-state index in [1.54, 1.807) is 12.1 Å². The molecule has 1 fully saturated rings. The van der Waals surface area contributed by atoms with Crippen LogP contribution in [-0.4, -0.2) is 23.9 Å². The zero-order valence-electron chi connectivity index (χ0n) is 18.6. The van der Waals surface area contributed by atoms with Crippen molar-refractivity contribution < 1.29 is 13.9 Å². The van der Waals surface area contributed by atoms with E-state index < -0.39 is 0 Å². The lowest BCUT2D eigenvalue weighted by atomic mass is 10.1. The van der Waals surface area contributed by atoms with E-state index in [0.717, 1.165) is 28.8 Å². The Hall–Kier alpha value is -3.57. The zero-order chi connectivity index (χ0) is 22.5. The number of piperidine rings is 1. The van der Waals surface area contributed by atoms with Crippen LogP contribution >= 0.6 is 0 Å². The number of carbonyl (C=O) groups is 1. The first-order valence-corrected chi connectivity index (χ1v) is 11.6. The molecule has 0 bridgehead atoms. The molecule has 1 aliphatic heterocycles. The fourth-order valence-corrected chi connectivity index (χ4v) is 4.31. The molecule has 5 rings (SSSR count). The molecular formula is C28H28N2O3. The van der Waals surface area contributed by atoms with Crippen molar-refractivity contribution in [3.05, 3.63) is 95.9 Å². The van der Waals surface area contributed by atoms with E-state index in [0.29, 0.717) is 5.76 Å². The van der Waals surface area contributed by atoms with Gasteiger partial charge in [0.2, 0.25) is 0 Å². The van der Waals surface area contributed by atoms with Gasteiger partial charge in [-0.1, -0.05) is 55.0 Å². The molecule has 1 amide bonds. The molecular weight excluding hydrogens is 412 g/mol. The summed E-state index contributed by atoms with van der Waals surface area (Å²) in [6.45, 7) is 3.56. The number of fused-ring (bicyclic) bond motifs is 1. The van der Waals surface area contributed by atoms with Crippen LogP contribution in [-0.2, 0) is 13.2 Å². The summed E-state index contributed by atoms with van der Waals surface area (Å²) in [5.41, 5.74) is 2.02. The second-order valence-electron chi connectivity index (χ2n) is 8.52. The molecule has 0 unspecified atom stereocenters. The summed E-state index contributed by atoms with van der Waals surface area (Å²) in [5, 5.41) is 5.08. The predicted molar refractivity (Wildman–Crippen MR) is 131 cm³/mol. The zero-order valence-corrected chi connectivity index (χ0v) is 18.6. The molecule has 5 heteroatoms. The van der Waals surface area contributed by atoms with Gasteiger partial charge in [-0.15, -0.1) is 0 Å². The van der Waals surface area contributed by atoms with E-state index >= 15 is 0 Å². The van der Waals surface area contributed by atoms with Crippen LogP contribution in [0.5, 0.6) is 5.75 Å². The minimum atomic E-state index is -0.268. The first-order chi connectivity index (χ1) is 16.2. The molecule has 1 aromatic heterocycles. The molecule has 1 saturated heterocycles. The van der Waals surface area contributed by atoms with Crippen molar-refractivity contribution in [3.63, 3.8) is 0 Å². The van der Waals surface area contributed by atoms with Crippen LogP contribution in [0.25, 0.3) is 10.8 Å². The highest BCUT2D eigenvalue weighted by Crippen LogP contribution is 2.26. The molecule has 5 nitrogen and oxygen atoms in total. The van der Waals surface area contributed by atoms with Crippen LogP contribution in [0.15, 0.2) is 83.3 Å². The third-order valence-corrected chi connectivity index (χ3v) is 6.07. The molecule has 0 radical (unpaired) electrons. The van der Waals surface area contributed by atoms with Crippen molar-refractivity contribution in [1.29, 1.82) is 0 Å². The third-order valence-electron chi connectivity index (χ3n) is 6.07. The van der Waals surface area contributed by atoms with Gasteiger partial charge in [-0.25, -0.2) is 0 Å². The maximum Gasteiger partial charge on any atom is 0.291 e. The average molecular weight is 441 g/mol. The summed E-state index contributed by atoms with van der Waals surface area (Å²) < 4.78 is 11.7. The monoisotopic (exact) mass is 440 g/mol. The van der Waals surface area contributed by atoms with Crippen molar-refractivity contribution in [2.24, 2.45) is 0 Å². The topological polar surface area (TPSA) is 54.7 Å². The fourth-order valence-electron chi connectivity index (χ4n) is 4.31. The Balaban J connectivity index is 1.17. The predicted octanol–water partition coefficient (Wildman–Crippen LogP) is 6.25. The number of hydrogen-bond donors (Lipinski definition) is 1. The van der Waals surface area contributed by atoms with Crippen LogP contribution in [0, 0.1) is 0 Å². The second-order valence-corrected chi connectivity index (χ2v) is 8.52. The quantitative estimate of drug-likeness (QED) is 0.369. The molecule has 2 heterocycles. The fraction of sp³-hybridized carbons (Fsp3) is 0.250. The van der Waals surface area contributed by atoms with E-state index in [1.165, 1.54) is 37.9 Å². The Morgan fingerprint density at radius 1 is 0.879 bits per heavy atom. The number of anilines is 1. The van der Waals surface area contributed by atoms with Crippen LogP contribution in [0.4, 0.5) is 5.69 Å². The van der Waals surface area contributed by atoms with Gasteiger partial charge in [-0.2, -0.15) is 0 Å². The van der Waals surface area contributed by atoms with Crippen LogP contribution in [0.1, 0.15) is 41.1 Å². The second kappa shape index (κ2) is 9.92. The lowest BCUT2D eigenvalue weighted by Gasteiger charge is -2.26. The molecule has 0 saturated carbocycles. The van der Waals surface area contributed by atoms with Crippen molar-refractivity contribution in [1.82, 2.24) is 4.90 Å². The van der Waals surface area contributed by atoms with Gasteiger partial charge in [0, 0.05) is 17.6 Å². The molecule has 3 aromatic carbocycles. The Kier molecular flexibility index (Phi) is 6.40. The molecule has 0 spiro atoms. The smallest absolute Gasteiger partial charge is 0.291 e. The van der Waals surface area contributed by atoms with Crippen LogP contribution < -0.4 is 10.1 Å². The Labute approximate surface area is 194 Å². The Morgan fingerprint density at radius 2 is 1.67 bits per heavy atom. The SMILES string of the molecule is O=C(Nc1ccc(CN2CCCCC2)cc1)c1ccc(COc2cccc3ccccc23)o1. The minimum absolute atomic E-state index is 0.256. The van der Waals surface area contributed by atoms with E-state index in [-0.39, 0.29) is 18.3 Å². The Morgan fingerprint density at radius 3 is 2.52 bits per heavy atom. The maximum atomic E-state index is 12.6. The van der Waals surface area contributed by atoms with Gasteiger partial charge < -0.3 is 14.5 Å². The number of rotatable bonds is 7. The van der Waals surface area contributed by atoms with E-state index in [4.69, 9.17) is 9.15 Å². The van der Waals surface area contributed by atoms with Crippen LogP contribution in [0.3, 0.4) is 0 Å². The van der Waals surface area contributed by atoms with E-state index in [9.17, 15) is 4.79 Å². The summed E-state index contributed by atoms with van der Waals surface area (Å²) in [6, 6.07) is 25.6. The Bertz CT molecular complexity index is 1220. The van der Waals surface area contributed by atoms with Crippen molar-refractivity contribution in [2.75, 3.05) is 18.4 Å². The van der Waals surface area contributed by atoms with Gasteiger partial charge in [-0.05, 0) is 67.2 Å². The molecule has 1 N–H and O–H groups in total. The van der Waals surface area contributed by atoms with Gasteiger partial charge in [0.15, 0.2) is 5.76 Å². The largest absolute Gasteiger partial charge is 0.485 e. The molecule has 168 valence electrons. The summed E-state index contributed by atoms with van der Waals surface area (Å²) in [4.78, 5) is 15.1. The number of nitrogens with zero attached hydrogens (tertiary/aromatic N) is 1. The number of hydrogen-bond acceptors (Lipinski definition) is 4. The highest BCUT2D eigenvalue weighted by molar-refractivity contribution is 6.02. The number of amides is 1. The molecule has 0 atom stereocenters. The summed E-state index contributed by atoms with van der Waals surface area (Å²) >= 11 is 0. The van der Waals surface area contributed by atoms with Crippen LogP contribution in [0.2, 0.25) is 0 Å². The van der Waals surface area contributed by atoms with Crippen molar-refractivity contribution in [3.8, 4) is 5.75 Å². The normalized spacial score (nSPS) is 14.3. The first kappa shape index (κ1) is 21.3. The highest BCUT2D eigenvalue weighted by atomic mass is 16.5. The average Bonchev–Trinajstić information content (AvgIpc) is 3.34. The molecule has 0 aliphatic carbocycles. The summed E-state index contributed by atoms with van der Waals surface area (Å²) in [6.07, 6.45) is 3.91. The first-order valence-electron chi connectivity index (χ1n) is 11.6. The number of carbonyl (C=O) groups excluding carboxylic acids is 1. The molecule has 33 heavy (non-hydrogen) atoms. The minimum Gasteiger partial charge on any atom is -0.485 e. The summed E-state index contributed by atoms with van der Waals surface area (Å²) in [7, 11) is 0. The maximum absolute atomic E-state index is 12.6.